The number of hydrogen-bond acceptors (Lipinski definition) is 4. The van der Waals surface area contributed by atoms with Gasteiger partial charge in [0.2, 0.25) is 0 Å². The highest BCUT2D eigenvalue weighted by Gasteiger charge is 2.14. The summed E-state index contributed by atoms with van der Waals surface area (Å²) >= 11 is 3.31. The van der Waals surface area contributed by atoms with E-state index in [0.29, 0.717) is 28.1 Å². The van der Waals surface area contributed by atoms with Gasteiger partial charge < -0.3 is 14.4 Å². The molecule has 0 spiro atoms. The van der Waals surface area contributed by atoms with Crippen molar-refractivity contribution in [3.05, 3.63) is 22.2 Å². The van der Waals surface area contributed by atoms with Crippen molar-refractivity contribution in [3.63, 3.8) is 0 Å². The second-order valence-electron chi connectivity index (χ2n) is 3.96. The number of hydrogen-bond donors (Lipinski definition) is 0. The second-order valence-corrected chi connectivity index (χ2v) is 4.81. The molecule has 0 radical (unpaired) electrons. The van der Waals surface area contributed by atoms with E-state index in [1.807, 2.05) is 6.92 Å². The summed E-state index contributed by atoms with van der Waals surface area (Å²) in [5.41, 5.74) is 0.474. The Balaban J connectivity index is 2.97. The normalized spacial score (nSPS) is 9.89. The van der Waals surface area contributed by atoms with Crippen molar-refractivity contribution < 1.29 is 19.1 Å². The summed E-state index contributed by atoms with van der Waals surface area (Å²) in [6, 6.07) is 3.20. The molecule has 104 valence electrons. The molecular weight excluding hydrogens is 314 g/mol. The predicted molar refractivity (Wildman–Crippen MR) is 74.9 cm³/mol. The standard InChI is InChI=1S/C13H16BrNO4/c1-4-18-11-6-9(7-16)5-10(14)13(11)19-8-12(17)15(2)3/h5-7H,4,8H2,1-3H3. The van der Waals surface area contributed by atoms with Gasteiger partial charge in [0.25, 0.3) is 5.91 Å². The van der Waals surface area contributed by atoms with Crippen molar-refractivity contribution in [3.8, 4) is 11.5 Å². The van der Waals surface area contributed by atoms with Crippen molar-refractivity contribution >= 4 is 28.1 Å². The first-order valence-corrected chi connectivity index (χ1v) is 6.53. The lowest BCUT2D eigenvalue weighted by Crippen LogP contribution is -2.27. The third kappa shape index (κ3) is 4.24. The average Bonchev–Trinajstić information content (AvgIpc) is 2.37. The Morgan fingerprint density at radius 1 is 1.37 bits per heavy atom. The Labute approximate surface area is 120 Å². The Kier molecular flexibility index (Phi) is 5.82. The number of carbonyl (C=O) groups excluding carboxylic acids is 2. The molecule has 0 heterocycles. The molecule has 0 aliphatic carbocycles. The molecule has 0 saturated heterocycles. The molecule has 0 fully saturated rings. The molecule has 0 bridgehead atoms. The number of ether oxygens (including phenoxy) is 2. The minimum atomic E-state index is -0.159. The molecule has 1 amide bonds. The smallest absolute Gasteiger partial charge is 0.259 e. The van der Waals surface area contributed by atoms with Gasteiger partial charge in [-0.05, 0) is 35.0 Å². The molecule has 6 heteroatoms. The highest BCUT2D eigenvalue weighted by molar-refractivity contribution is 9.10. The van der Waals surface area contributed by atoms with E-state index in [1.165, 1.54) is 4.90 Å². The first-order valence-electron chi connectivity index (χ1n) is 5.74. The van der Waals surface area contributed by atoms with E-state index >= 15 is 0 Å². The molecule has 0 atom stereocenters. The minimum absolute atomic E-state index is 0.0912. The molecule has 0 saturated carbocycles. The summed E-state index contributed by atoms with van der Waals surface area (Å²) < 4.78 is 11.5. The maximum atomic E-state index is 11.5. The lowest BCUT2D eigenvalue weighted by Gasteiger charge is -2.15. The monoisotopic (exact) mass is 329 g/mol. The van der Waals surface area contributed by atoms with Crippen LogP contribution in [0.1, 0.15) is 17.3 Å². The van der Waals surface area contributed by atoms with Crippen molar-refractivity contribution in [2.45, 2.75) is 6.92 Å². The number of nitrogens with zero attached hydrogens (tertiary/aromatic N) is 1. The molecule has 0 N–H and O–H groups in total. The van der Waals surface area contributed by atoms with E-state index in [0.717, 1.165) is 6.29 Å². The number of rotatable bonds is 6. The molecular formula is C13H16BrNO4. The van der Waals surface area contributed by atoms with Crippen LogP contribution in [0, 0.1) is 0 Å². The van der Waals surface area contributed by atoms with Crippen LogP contribution >= 0.6 is 15.9 Å². The van der Waals surface area contributed by atoms with Crippen LogP contribution in [-0.2, 0) is 4.79 Å². The molecule has 0 unspecified atom stereocenters. The number of amides is 1. The molecule has 0 aliphatic rings. The highest BCUT2D eigenvalue weighted by Crippen LogP contribution is 2.36. The molecule has 1 rings (SSSR count). The van der Waals surface area contributed by atoms with Gasteiger partial charge in [0.05, 0.1) is 11.1 Å². The van der Waals surface area contributed by atoms with Crippen LogP contribution in [-0.4, -0.2) is 44.4 Å². The fourth-order valence-corrected chi connectivity index (χ4v) is 1.90. The molecule has 1 aromatic carbocycles. The van der Waals surface area contributed by atoms with Gasteiger partial charge in [0, 0.05) is 19.7 Å². The molecule has 5 nitrogen and oxygen atoms in total. The summed E-state index contributed by atoms with van der Waals surface area (Å²) in [5, 5.41) is 0. The van der Waals surface area contributed by atoms with Crippen LogP contribution in [0.3, 0.4) is 0 Å². The lowest BCUT2D eigenvalue weighted by molar-refractivity contribution is -0.130. The molecule has 1 aromatic rings. The largest absolute Gasteiger partial charge is 0.490 e. The molecule has 19 heavy (non-hydrogen) atoms. The van der Waals surface area contributed by atoms with Crippen LogP contribution in [0.5, 0.6) is 11.5 Å². The number of likely N-dealkylation sites (N-methyl/N-ethyl adjacent to an activating group) is 1. The SMILES string of the molecule is CCOc1cc(C=O)cc(Br)c1OCC(=O)N(C)C. The fraction of sp³-hybridized carbons (Fsp3) is 0.385. The quantitative estimate of drug-likeness (QED) is 0.750. The molecule has 0 aromatic heterocycles. The van der Waals surface area contributed by atoms with Gasteiger partial charge in [-0.3, -0.25) is 9.59 Å². The maximum absolute atomic E-state index is 11.5. The summed E-state index contributed by atoms with van der Waals surface area (Å²) in [6.45, 7) is 2.18. The fourth-order valence-electron chi connectivity index (χ4n) is 1.32. The van der Waals surface area contributed by atoms with Gasteiger partial charge in [-0.15, -0.1) is 0 Å². The average molecular weight is 330 g/mol. The van der Waals surface area contributed by atoms with Crippen LogP contribution in [0.4, 0.5) is 0 Å². The Hall–Kier alpha value is -1.56. The summed E-state index contributed by atoms with van der Waals surface area (Å²) in [5.74, 6) is 0.696. The van der Waals surface area contributed by atoms with Crippen molar-refractivity contribution in [1.29, 1.82) is 0 Å². The third-order valence-corrected chi connectivity index (χ3v) is 2.90. The first kappa shape index (κ1) is 15.5. The predicted octanol–water partition coefficient (Wildman–Crippen LogP) is 2.13. The van der Waals surface area contributed by atoms with Gasteiger partial charge >= 0.3 is 0 Å². The van der Waals surface area contributed by atoms with Gasteiger partial charge in [-0.2, -0.15) is 0 Å². The second kappa shape index (κ2) is 7.13. The molecule has 0 aliphatic heterocycles. The summed E-state index contributed by atoms with van der Waals surface area (Å²) in [4.78, 5) is 23.8. The topological polar surface area (TPSA) is 55.8 Å². The minimum Gasteiger partial charge on any atom is -0.490 e. The van der Waals surface area contributed by atoms with Crippen molar-refractivity contribution in [2.75, 3.05) is 27.3 Å². The lowest BCUT2D eigenvalue weighted by atomic mass is 10.2. The zero-order valence-electron chi connectivity index (χ0n) is 11.1. The van der Waals surface area contributed by atoms with E-state index in [4.69, 9.17) is 9.47 Å². The van der Waals surface area contributed by atoms with E-state index in [9.17, 15) is 9.59 Å². The van der Waals surface area contributed by atoms with Crippen molar-refractivity contribution in [2.24, 2.45) is 0 Å². The van der Waals surface area contributed by atoms with Gasteiger partial charge in [0.1, 0.15) is 6.29 Å². The third-order valence-electron chi connectivity index (χ3n) is 2.31. The highest BCUT2D eigenvalue weighted by atomic mass is 79.9. The van der Waals surface area contributed by atoms with E-state index in [1.54, 1.807) is 26.2 Å². The maximum Gasteiger partial charge on any atom is 0.259 e. The number of halogens is 1. The van der Waals surface area contributed by atoms with Gasteiger partial charge in [-0.1, -0.05) is 0 Å². The van der Waals surface area contributed by atoms with Gasteiger partial charge in [-0.25, -0.2) is 0 Å². The number of aldehydes is 1. The summed E-state index contributed by atoms with van der Waals surface area (Å²) in [6.07, 6.45) is 0.724. The number of benzene rings is 1. The van der Waals surface area contributed by atoms with E-state index in [2.05, 4.69) is 15.9 Å². The van der Waals surface area contributed by atoms with E-state index in [-0.39, 0.29) is 12.5 Å². The van der Waals surface area contributed by atoms with E-state index < -0.39 is 0 Å². The number of carbonyl (C=O) groups is 2. The zero-order chi connectivity index (χ0) is 14.4. The van der Waals surface area contributed by atoms with Crippen LogP contribution in [0.15, 0.2) is 16.6 Å². The van der Waals surface area contributed by atoms with Crippen LogP contribution in [0.25, 0.3) is 0 Å². The summed E-state index contributed by atoms with van der Waals surface area (Å²) in [7, 11) is 3.30. The van der Waals surface area contributed by atoms with Gasteiger partial charge in [0.15, 0.2) is 18.1 Å². The first-order chi connectivity index (χ1) is 8.99. The Bertz CT molecular complexity index is 474. The Morgan fingerprint density at radius 2 is 2.05 bits per heavy atom. The zero-order valence-corrected chi connectivity index (χ0v) is 12.7. The Morgan fingerprint density at radius 3 is 2.58 bits per heavy atom. The van der Waals surface area contributed by atoms with Crippen molar-refractivity contribution in [1.82, 2.24) is 4.90 Å². The van der Waals surface area contributed by atoms with Crippen LogP contribution in [0.2, 0.25) is 0 Å². The van der Waals surface area contributed by atoms with Crippen LogP contribution < -0.4 is 9.47 Å².